The fourth-order valence-corrected chi connectivity index (χ4v) is 4.02. The normalized spacial score (nSPS) is 13.6. The van der Waals surface area contributed by atoms with Gasteiger partial charge in [0.1, 0.15) is 0 Å². The highest BCUT2D eigenvalue weighted by molar-refractivity contribution is 6.33. The van der Waals surface area contributed by atoms with Gasteiger partial charge in [0.25, 0.3) is 0 Å². The van der Waals surface area contributed by atoms with E-state index in [0.29, 0.717) is 17.3 Å². The van der Waals surface area contributed by atoms with Crippen LogP contribution in [0.25, 0.3) is 0 Å². The summed E-state index contributed by atoms with van der Waals surface area (Å²) in [6.45, 7) is 7.53. The first kappa shape index (κ1) is 26.7. The Morgan fingerprint density at radius 3 is 2.43 bits per heavy atom. The molecule has 0 aliphatic carbocycles. The number of nitrogens with one attached hydrogen (secondary N) is 1. The Kier molecular flexibility index (Phi) is 12.4. The van der Waals surface area contributed by atoms with E-state index in [0.717, 1.165) is 31.6 Å². The SMILES string of the molecule is Cc1cccc(Cl)c1NC(=O)CN(CCCN1CCCC1)Cc1ccccc1.Cl.Cl. The number of benzene rings is 2. The molecule has 7 heteroatoms. The van der Waals surface area contributed by atoms with Crippen LogP contribution in [0, 0.1) is 6.92 Å². The van der Waals surface area contributed by atoms with Crippen LogP contribution in [0.3, 0.4) is 0 Å². The van der Waals surface area contributed by atoms with Crippen molar-refractivity contribution >= 4 is 48.0 Å². The molecule has 0 spiro atoms. The molecule has 1 saturated heterocycles. The van der Waals surface area contributed by atoms with Crippen molar-refractivity contribution in [1.82, 2.24) is 9.80 Å². The van der Waals surface area contributed by atoms with E-state index in [1.54, 1.807) is 0 Å². The van der Waals surface area contributed by atoms with E-state index in [-0.39, 0.29) is 30.7 Å². The largest absolute Gasteiger partial charge is 0.323 e. The number of amides is 1. The number of nitrogens with zero attached hydrogens (tertiary/aromatic N) is 2. The third-order valence-corrected chi connectivity index (χ3v) is 5.56. The van der Waals surface area contributed by atoms with Gasteiger partial charge in [-0.15, -0.1) is 24.8 Å². The minimum Gasteiger partial charge on any atom is -0.323 e. The summed E-state index contributed by atoms with van der Waals surface area (Å²) in [5.74, 6) is -0.0201. The molecule has 0 atom stereocenters. The smallest absolute Gasteiger partial charge is 0.238 e. The van der Waals surface area contributed by atoms with Gasteiger partial charge in [0, 0.05) is 13.1 Å². The van der Waals surface area contributed by atoms with Crippen LogP contribution < -0.4 is 5.32 Å². The Balaban J connectivity index is 0.00000225. The van der Waals surface area contributed by atoms with Crippen molar-refractivity contribution in [2.75, 3.05) is 38.0 Å². The molecule has 0 unspecified atom stereocenters. The minimum absolute atomic E-state index is 0. The molecule has 30 heavy (non-hydrogen) atoms. The monoisotopic (exact) mass is 471 g/mol. The summed E-state index contributed by atoms with van der Waals surface area (Å²) in [7, 11) is 0. The molecular formula is C23H32Cl3N3O. The molecule has 1 aliphatic rings. The molecule has 1 fully saturated rings. The molecule has 2 aromatic rings. The molecule has 0 radical (unpaired) electrons. The van der Waals surface area contributed by atoms with Crippen molar-refractivity contribution in [3.05, 3.63) is 64.7 Å². The second-order valence-electron chi connectivity index (χ2n) is 7.58. The van der Waals surface area contributed by atoms with Gasteiger partial charge >= 0.3 is 0 Å². The zero-order chi connectivity index (χ0) is 19.8. The number of hydrogen-bond acceptors (Lipinski definition) is 3. The highest BCUT2D eigenvalue weighted by atomic mass is 35.5. The third kappa shape index (κ3) is 8.44. The predicted octanol–water partition coefficient (Wildman–Crippen LogP) is 5.42. The van der Waals surface area contributed by atoms with Crippen LogP contribution in [0.1, 0.15) is 30.4 Å². The summed E-state index contributed by atoms with van der Waals surface area (Å²) in [5, 5.41) is 3.58. The molecule has 3 rings (SSSR count). The number of carbonyl (C=O) groups excluding carboxylic acids is 1. The van der Waals surface area contributed by atoms with Crippen molar-refractivity contribution in [3.63, 3.8) is 0 Å². The first-order valence-corrected chi connectivity index (χ1v) is 10.5. The number of anilines is 1. The van der Waals surface area contributed by atoms with Crippen LogP contribution in [0.15, 0.2) is 48.5 Å². The molecule has 1 amide bonds. The lowest BCUT2D eigenvalue weighted by atomic mass is 10.2. The van der Waals surface area contributed by atoms with Gasteiger partial charge in [0.15, 0.2) is 0 Å². The fourth-order valence-electron chi connectivity index (χ4n) is 3.75. The van der Waals surface area contributed by atoms with Gasteiger partial charge in [-0.3, -0.25) is 9.69 Å². The summed E-state index contributed by atoms with van der Waals surface area (Å²) in [5.41, 5.74) is 2.92. The van der Waals surface area contributed by atoms with E-state index in [4.69, 9.17) is 11.6 Å². The number of halogens is 3. The number of rotatable bonds is 9. The van der Waals surface area contributed by atoms with Crippen LogP contribution >= 0.6 is 36.4 Å². The van der Waals surface area contributed by atoms with E-state index in [9.17, 15) is 4.79 Å². The van der Waals surface area contributed by atoms with Crippen LogP contribution in [-0.4, -0.2) is 48.4 Å². The van der Waals surface area contributed by atoms with Gasteiger partial charge in [0.05, 0.1) is 17.3 Å². The van der Waals surface area contributed by atoms with E-state index >= 15 is 0 Å². The fraction of sp³-hybridized carbons (Fsp3) is 0.435. The van der Waals surface area contributed by atoms with Crippen LogP contribution in [0.5, 0.6) is 0 Å². The van der Waals surface area contributed by atoms with Gasteiger partial charge in [-0.2, -0.15) is 0 Å². The number of hydrogen-bond donors (Lipinski definition) is 1. The summed E-state index contributed by atoms with van der Waals surface area (Å²) in [6.07, 6.45) is 3.70. The van der Waals surface area contributed by atoms with Gasteiger partial charge < -0.3 is 10.2 Å². The first-order valence-electron chi connectivity index (χ1n) is 10.2. The summed E-state index contributed by atoms with van der Waals surface area (Å²) >= 11 is 6.26. The molecule has 166 valence electrons. The van der Waals surface area contributed by atoms with Crippen molar-refractivity contribution in [1.29, 1.82) is 0 Å². The Bertz CT molecular complexity index is 747. The molecule has 1 aliphatic heterocycles. The number of para-hydroxylation sites is 1. The predicted molar refractivity (Wildman–Crippen MR) is 131 cm³/mol. The molecule has 0 bridgehead atoms. The average Bonchev–Trinajstić information content (AvgIpc) is 3.19. The summed E-state index contributed by atoms with van der Waals surface area (Å²) < 4.78 is 0. The standard InChI is InChI=1S/C23H30ClN3O.2ClH/c1-19-9-7-12-21(24)23(19)25-22(28)18-27(17-20-10-3-2-4-11-20)16-8-15-26-13-5-6-14-26;;/h2-4,7,9-12H,5-6,8,13-18H2,1H3,(H,25,28);2*1H. The average molecular weight is 473 g/mol. The molecule has 1 heterocycles. The van der Waals surface area contributed by atoms with E-state index in [1.807, 2.05) is 43.3 Å². The number of aryl methyl sites for hydroxylation is 1. The highest BCUT2D eigenvalue weighted by Gasteiger charge is 2.16. The zero-order valence-corrected chi connectivity index (χ0v) is 19.9. The third-order valence-electron chi connectivity index (χ3n) is 5.25. The number of likely N-dealkylation sites (tertiary alicyclic amines) is 1. The molecule has 0 aromatic heterocycles. The Labute approximate surface area is 197 Å². The zero-order valence-electron chi connectivity index (χ0n) is 17.5. The van der Waals surface area contributed by atoms with E-state index in [1.165, 1.54) is 31.5 Å². The van der Waals surface area contributed by atoms with Crippen molar-refractivity contribution in [3.8, 4) is 0 Å². The van der Waals surface area contributed by atoms with Crippen molar-refractivity contribution < 1.29 is 4.79 Å². The molecule has 4 nitrogen and oxygen atoms in total. The summed E-state index contributed by atoms with van der Waals surface area (Å²) in [4.78, 5) is 17.5. The molecule has 0 saturated carbocycles. The Morgan fingerprint density at radius 2 is 1.77 bits per heavy atom. The lowest BCUT2D eigenvalue weighted by molar-refractivity contribution is -0.117. The molecule has 2 aromatic carbocycles. The summed E-state index contributed by atoms with van der Waals surface area (Å²) in [6, 6.07) is 16.0. The maximum Gasteiger partial charge on any atom is 0.238 e. The highest BCUT2D eigenvalue weighted by Crippen LogP contribution is 2.25. The van der Waals surface area contributed by atoms with Crippen molar-refractivity contribution in [2.24, 2.45) is 0 Å². The first-order chi connectivity index (χ1) is 13.6. The molecule has 1 N–H and O–H groups in total. The lowest BCUT2D eigenvalue weighted by Gasteiger charge is -2.24. The van der Waals surface area contributed by atoms with E-state index < -0.39 is 0 Å². The van der Waals surface area contributed by atoms with Gasteiger partial charge in [0.2, 0.25) is 5.91 Å². The number of carbonyl (C=O) groups is 1. The Morgan fingerprint density at radius 1 is 1.07 bits per heavy atom. The Hall–Kier alpha value is -1.30. The van der Waals surface area contributed by atoms with Crippen LogP contribution in [0.4, 0.5) is 5.69 Å². The van der Waals surface area contributed by atoms with Gasteiger partial charge in [-0.05, 0) is 63.0 Å². The second kappa shape index (κ2) is 13.9. The molecular weight excluding hydrogens is 441 g/mol. The van der Waals surface area contributed by atoms with E-state index in [2.05, 4.69) is 27.2 Å². The van der Waals surface area contributed by atoms with Crippen LogP contribution in [0.2, 0.25) is 5.02 Å². The maximum atomic E-state index is 12.7. The van der Waals surface area contributed by atoms with Gasteiger partial charge in [-0.1, -0.05) is 54.1 Å². The van der Waals surface area contributed by atoms with Gasteiger partial charge in [-0.25, -0.2) is 0 Å². The minimum atomic E-state index is -0.0201. The van der Waals surface area contributed by atoms with Crippen molar-refractivity contribution in [2.45, 2.75) is 32.7 Å². The lowest BCUT2D eigenvalue weighted by Crippen LogP contribution is -2.35. The van der Waals surface area contributed by atoms with Crippen LogP contribution in [-0.2, 0) is 11.3 Å². The quantitative estimate of drug-likeness (QED) is 0.529. The topological polar surface area (TPSA) is 35.6 Å². The second-order valence-corrected chi connectivity index (χ2v) is 7.99. The maximum absolute atomic E-state index is 12.7.